The number of carbonyl (C=O) groups is 2. The number of halogens is 1. The van der Waals surface area contributed by atoms with Crippen LogP contribution < -0.4 is 10.2 Å². The first kappa shape index (κ1) is 28.8. The van der Waals surface area contributed by atoms with Gasteiger partial charge < -0.3 is 20.2 Å². The van der Waals surface area contributed by atoms with Crippen molar-refractivity contribution in [3.8, 4) is 0 Å². The molecule has 210 valence electrons. The lowest BCUT2D eigenvalue weighted by atomic mass is 9.96. The number of fused-ring (bicyclic) bond motifs is 1. The van der Waals surface area contributed by atoms with E-state index in [0.717, 1.165) is 67.4 Å². The number of carbonyl (C=O) groups excluding carboxylic acids is 1. The number of aromatic nitrogens is 2. The van der Waals surface area contributed by atoms with Crippen LogP contribution in [0.3, 0.4) is 0 Å². The van der Waals surface area contributed by atoms with Crippen molar-refractivity contribution in [3.63, 3.8) is 0 Å². The Bertz CT molecular complexity index is 1330. The third-order valence-corrected chi connectivity index (χ3v) is 8.41. The van der Waals surface area contributed by atoms with Crippen molar-refractivity contribution in [2.45, 2.75) is 58.4 Å². The molecule has 2 aromatic heterocycles. The van der Waals surface area contributed by atoms with Crippen molar-refractivity contribution in [1.82, 2.24) is 14.7 Å². The lowest BCUT2D eigenvalue weighted by Gasteiger charge is -2.23. The van der Waals surface area contributed by atoms with E-state index in [-0.39, 0.29) is 11.7 Å². The number of anilines is 2. The van der Waals surface area contributed by atoms with Gasteiger partial charge in [-0.25, -0.2) is 9.18 Å². The minimum absolute atomic E-state index is 0.200. The molecular formula is C29H38FN5O3S. The van der Waals surface area contributed by atoms with Crippen LogP contribution in [0.15, 0.2) is 36.4 Å². The molecule has 1 saturated carbocycles. The Labute approximate surface area is 233 Å². The van der Waals surface area contributed by atoms with Gasteiger partial charge in [-0.1, -0.05) is 25.3 Å². The van der Waals surface area contributed by atoms with Crippen LogP contribution in [0, 0.1) is 12.7 Å². The summed E-state index contributed by atoms with van der Waals surface area (Å²) < 4.78 is 17.1. The quantitative estimate of drug-likeness (QED) is 0.370. The zero-order valence-corrected chi connectivity index (χ0v) is 23.8. The summed E-state index contributed by atoms with van der Waals surface area (Å²) in [5, 5.41) is 16.5. The van der Waals surface area contributed by atoms with Gasteiger partial charge in [0.25, 0.3) is 5.91 Å². The molecule has 3 aromatic rings. The van der Waals surface area contributed by atoms with Gasteiger partial charge >= 0.3 is 5.97 Å². The second kappa shape index (κ2) is 13.2. The van der Waals surface area contributed by atoms with Gasteiger partial charge in [-0.05, 0) is 71.0 Å². The van der Waals surface area contributed by atoms with Gasteiger partial charge in [-0.15, -0.1) is 11.3 Å². The molecule has 0 spiro atoms. The zero-order chi connectivity index (χ0) is 27.9. The molecule has 0 radical (unpaired) electrons. The number of hydrogen-bond donors (Lipinski definition) is 2. The molecule has 1 aliphatic heterocycles. The van der Waals surface area contributed by atoms with Crippen LogP contribution in [0.4, 0.5) is 15.8 Å². The highest BCUT2D eigenvalue weighted by Crippen LogP contribution is 2.36. The molecular weight excluding hydrogens is 517 g/mol. The molecule has 8 nitrogen and oxygen atoms in total. The van der Waals surface area contributed by atoms with Crippen LogP contribution in [-0.4, -0.2) is 64.9 Å². The highest BCUT2D eigenvalue weighted by molar-refractivity contribution is 7.20. The van der Waals surface area contributed by atoms with Gasteiger partial charge in [-0.2, -0.15) is 5.10 Å². The number of likely N-dealkylation sites (N-methyl/N-ethyl adjacent to an activating group) is 1. The second-order valence-corrected chi connectivity index (χ2v) is 11.3. The fraction of sp³-hybridized carbons (Fsp3) is 0.483. The van der Waals surface area contributed by atoms with Crippen LogP contribution >= 0.6 is 11.3 Å². The van der Waals surface area contributed by atoms with Gasteiger partial charge in [0.15, 0.2) is 0 Å². The average molecular weight is 556 g/mol. The van der Waals surface area contributed by atoms with E-state index < -0.39 is 5.97 Å². The highest BCUT2D eigenvalue weighted by Gasteiger charge is 2.23. The molecule has 2 N–H and O–H groups in total. The Hall–Kier alpha value is -3.24. The van der Waals surface area contributed by atoms with Crippen LogP contribution in [0.5, 0.6) is 0 Å². The summed E-state index contributed by atoms with van der Waals surface area (Å²) in [4.78, 5) is 28.6. The predicted molar refractivity (Wildman–Crippen MR) is 156 cm³/mol. The summed E-state index contributed by atoms with van der Waals surface area (Å²) in [6.45, 7) is 7.25. The number of nitrogens with one attached hydrogen (secondary N) is 1. The largest absolute Gasteiger partial charge is 0.478 e. The van der Waals surface area contributed by atoms with E-state index in [1.807, 2.05) is 13.0 Å². The van der Waals surface area contributed by atoms with Crippen molar-refractivity contribution < 1.29 is 19.1 Å². The summed E-state index contributed by atoms with van der Waals surface area (Å²) >= 11 is 1.48. The molecule has 39 heavy (non-hydrogen) atoms. The number of nitrogens with zero attached hydrogens (tertiary/aromatic N) is 4. The van der Waals surface area contributed by atoms with E-state index >= 15 is 0 Å². The third kappa shape index (κ3) is 7.24. The van der Waals surface area contributed by atoms with Crippen LogP contribution in [-0.2, 0) is 4.79 Å². The maximum absolute atomic E-state index is 14.9. The zero-order valence-electron chi connectivity index (χ0n) is 23.0. The molecule has 0 bridgehead atoms. The van der Waals surface area contributed by atoms with E-state index in [1.165, 1.54) is 42.7 Å². The summed E-state index contributed by atoms with van der Waals surface area (Å²) in [5.74, 6) is -1.38. The molecule has 3 heterocycles. The van der Waals surface area contributed by atoms with E-state index in [2.05, 4.69) is 26.8 Å². The Morgan fingerprint density at radius 1 is 1.10 bits per heavy atom. The Kier molecular flexibility index (Phi) is 9.74. The smallest absolute Gasteiger partial charge is 0.327 e. The first-order valence-electron chi connectivity index (χ1n) is 13.7. The van der Waals surface area contributed by atoms with Gasteiger partial charge in [0.2, 0.25) is 0 Å². The highest BCUT2D eigenvalue weighted by atomic mass is 32.1. The summed E-state index contributed by atoms with van der Waals surface area (Å²) in [5.41, 5.74) is 2.05. The third-order valence-electron chi connectivity index (χ3n) is 7.29. The number of hydrogen-bond acceptors (Lipinski definition) is 6. The SMILES string of the molecule is C/C=C/C(=O)O.Cc1nn(C2CCCCC2)c2sc(C(=O)Nc3ccc(N4CCCN(C)CC4)c(F)c3)cc12. The number of amides is 1. The molecule has 1 aliphatic carbocycles. The number of aryl methyl sites for hydroxylation is 1. The topological polar surface area (TPSA) is 90.7 Å². The number of carboxylic acid groups (broad SMARTS) is 1. The van der Waals surface area contributed by atoms with Crippen LogP contribution in [0.2, 0.25) is 0 Å². The number of thiophene rings is 1. The molecule has 0 atom stereocenters. The van der Waals surface area contributed by atoms with Crippen LogP contribution in [0.25, 0.3) is 10.2 Å². The van der Waals surface area contributed by atoms with Gasteiger partial charge in [-0.3, -0.25) is 9.48 Å². The first-order valence-corrected chi connectivity index (χ1v) is 14.5. The van der Waals surface area contributed by atoms with Crippen molar-refractivity contribution in [2.24, 2.45) is 0 Å². The number of rotatable bonds is 5. The van der Waals surface area contributed by atoms with E-state index in [0.29, 0.717) is 22.3 Å². The predicted octanol–water partition coefficient (Wildman–Crippen LogP) is 6.09. The summed E-state index contributed by atoms with van der Waals surface area (Å²) in [6, 6.07) is 7.36. The molecule has 2 fully saturated rings. The van der Waals surface area contributed by atoms with Crippen molar-refractivity contribution in [2.75, 3.05) is 43.4 Å². The van der Waals surface area contributed by atoms with E-state index in [4.69, 9.17) is 10.2 Å². The minimum atomic E-state index is -0.891. The number of benzene rings is 1. The standard InChI is InChI=1S/C25H32FN5OS.C4H6O2/c1-17-20-16-23(33-25(20)31(28-17)19-7-4-3-5-8-19)24(32)27-18-9-10-22(21(26)15-18)30-12-6-11-29(2)13-14-30;1-2-3-4(5)6/h9-10,15-16,19H,3-8,11-14H2,1-2H3,(H,27,32);2-3H,1H3,(H,5,6)/b;3-2+. The number of allylic oxidation sites excluding steroid dienone is 1. The van der Waals surface area contributed by atoms with Gasteiger partial charge in [0.05, 0.1) is 22.3 Å². The molecule has 10 heteroatoms. The van der Waals surface area contributed by atoms with Gasteiger partial charge in [0.1, 0.15) is 10.6 Å². The Morgan fingerprint density at radius 3 is 2.54 bits per heavy atom. The minimum Gasteiger partial charge on any atom is -0.478 e. The van der Waals surface area contributed by atoms with Crippen LogP contribution in [0.1, 0.15) is 66.9 Å². The van der Waals surface area contributed by atoms with E-state index in [9.17, 15) is 14.0 Å². The fourth-order valence-corrected chi connectivity index (χ4v) is 6.35. The Morgan fingerprint density at radius 2 is 1.87 bits per heavy atom. The summed E-state index contributed by atoms with van der Waals surface area (Å²) in [7, 11) is 2.10. The van der Waals surface area contributed by atoms with Gasteiger partial charge in [0, 0.05) is 36.8 Å². The molecule has 0 unspecified atom stereocenters. The maximum atomic E-state index is 14.9. The first-order chi connectivity index (χ1) is 18.8. The van der Waals surface area contributed by atoms with E-state index in [1.54, 1.807) is 19.1 Å². The van der Waals surface area contributed by atoms with Crippen molar-refractivity contribution in [1.29, 1.82) is 0 Å². The normalized spacial score (nSPS) is 17.2. The van der Waals surface area contributed by atoms with Crippen molar-refractivity contribution >= 4 is 44.8 Å². The number of carboxylic acids is 1. The molecule has 2 aliphatic rings. The van der Waals surface area contributed by atoms with Crippen molar-refractivity contribution in [3.05, 3.63) is 52.8 Å². The summed E-state index contributed by atoms with van der Waals surface area (Å²) in [6.07, 6.45) is 9.63. The average Bonchev–Trinajstić information content (AvgIpc) is 3.40. The second-order valence-electron chi connectivity index (χ2n) is 10.3. The molecule has 5 rings (SSSR count). The number of aliphatic carboxylic acids is 1. The lowest BCUT2D eigenvalue weighted by Crippen LogP contribution is -2.29. The Balaban J connectivity index is 0.000000531. The fourth-order valence-electron chi connectivity index (χ4n) is 5.22. The molecule has 1 saturated heterocycles. The maximum Gasteiger partial charge on any atom is 0.327 e. The lowest BCUT2D eigenvalue weighted by molar-refractivity contribution is -0.131. The molecule has 1 amide bonds. The molecule has 1 aromatic carbocycles. The monoisotopic (exact) mass is 555 g/mol.